The molecule has 0 radical (unpaired) electrons. The molecule has 5 nitrogen and oxygen atoms in total. The van der Waals surface area contributed by atoms with E-state index in [4.69, 9.17) is 5.73 Å². The summed E-state index contributed by atoms with van der Waals surface area (Å²) in [6, 6.07) is 9.61. The Bertz CT molecular complexity index is 579. The van der Waals surface area contributed by atoms with E-state index in [1.807, 2.05) is 55.1 Å². The molecule has 2 rings (SSSR count). The van der Waals surface area contributed by atoms with Crippen LogP contribution in [0.4, 0.5) is 0 Å². The minimum absolute atomic E-state index is 0.00250. The van der Waals surface area contributed by atoms with Crippen molar-refractivity contribution >= 4 is 5.91 Å². The lowest BCUT2D eigenvalue weighted by atomic mass is 10.0. The molecule has 3 N–H and O–H groups in total. The third kappa shape index (κ3) is 3.70. The highest BCUT2D eigenvalue weighted by Gasteiger charge is 2.22. The second-order valence-electron chi connectivity index (χ2n) is 5.23. The quantitative estimate of drug-likeness (QED) is 0.847. The molecule has 0 saturated carbocycles. The topological polar surface area (TPSA) is 72.9 Å². The van der Waals surface area contributed by atoms with Crippen molar-refractivity contribution in [2.75, 3.05) is 6.54 Å². The number of rotatable bonds is 6. The van der Waals surface area contributed by atoms with Gasteiger partial charge in [-0.15, -0.1) is 0 Å². The number of benzene rings is 1. The van der Waals surface area contributed by atoms with E-state index in [9.17, 15) is 4.79 Å². The second-order valence-corrected chi connectivity index (χ2v) is 5.23. The zero-order valence-electron chi connectivity index (χ0n) is 12.5. The lowest BCUT2D eigenvalue weighted by Crippen LogP contribution is -2.35. The zero-order valence-corrected chi connectivity index (χ0v) is 12.5. The number of aromatic nitrogens is 2. The van der Waals surface area contributed by atoms with Gasteiger partial charge in [0, 0.05) is 25.4 Å². The molecule has 0 fully saturated rings. The highest BCUT2D eigenvalue weighted by atomic mass is 16.1. The Kier molecular flexibility index (Phi) is 5.11. The van der Waals surface area contributed by atoms with E-state index in [2.05, 4.69) is 10.3 Å². The average molecular weight is 286 g/mol. The molecule has 0 aliphatic heterocycles. The predicted molar refractivity (Wildman–Crippen MR) is 82.5 cm³/mol. The van der Waals surface area contributed by atoms with E-state index < -0.39 is 0 Å². The molecule has 0 aliphatic rings. The molecule has 112 valence electrons. The molecular formula is C16H22N4O. The molecule has 2 atom stereocenters. The molecular weight excluding hydrogens is 264 g/mol. The molecule has 21 heavy (non-hydrogen) atoms. The van der Waals surface area contributed by atoms with Crippen molar-refractivity contribution in [1.82, 2.24) is 14.9 Å². The van der Waals surface area contributed by atoms with Crippen molar-refractivity contribution in [3.63, 3.8) is 0 Å². The SMILES string of the molecule is CC(CCN)C(=O)NC(c1ccccc1)c1nccn1C. The summed E-state index contributed by atoms with van der Waals surface area (Å²) in [5.74, 6) is 0.702. The summed E-state index contributed by atoms with van der Waals surface area (Å²) in [7, 11) is 1.92. The van der Waals surface area contributed by atoms with Crippen LogP contribution >= 0.6 is 0 Å². The molecule has 0 spiro atoms. The van der Waals surface area contributed by atoms with Crippen LogP contribution in [0.15, 0.2) is 42.7 Å². The Morgan fingerprint density at radius 1 is 1.38 bits per heavy atom. The third-order valence-electron chi connectivity index (χ3n) is 3.58. The smallest absolute Gasteiger partial charge is 0.223 e. The molecule has 1 aromatic carbocycles. The van der Waals surface area contributed by atoms with Gasteiger partial charge in [-0.25, -0.2) is 4.98 Å². The van der Waals surface area contributed by atoms with Gasteiger partial charge in [-0.2, -0.15) is 0 Å². The van der Waals surface area contributed by atoms with Crippen molar-refractivity contribution in [1.29, 1.82) is 0 Å². The van der Waals surface area contributed by atoms with Crippen LogP contribution in [0, 0.1) is 5.92 Å². The maximum Gasteiger partial charge on any atom is 0.223 e. The maximum atomic E-state index is 12.3. The third-order valence-corrected chi connectivity index (χ3v) is 3.58. The second kappa shape index (κ2) is 7.04. The lowest BCUT2D eigenvalue weighted by molar-refractivity contribution is -0.125. The van der Waals surface area contributed by atoms with E-state index in [-0.39, 0.29) is 17.9 Å². The Labute approximate surface area is 125 Å². The van der Waals surface area contributed by atoms with Gasteiger partial charge in [0.2, 0.25) is 5.91 Å². The van der Waals surface area contributed by atoms with Crippen LogP contribution < -0.4 is 11.1 Å². The zero-order chi connectivity index (χ0) is 15.2. The summed E-state index contributed by atoms with van der Waals surface area (Å²) in [5.41, 5.74) is 6.55. The van der Waals surface area contributed by atoms with Crippen molar-refractivity contribution in [2.24, 2.45) is 18.7 Å². The minimum Gasteiger partial charge on any atom is -0.342 e. The van der Waals surface area contributed by atoms with Crippen LogP contribution in [0.1, 0.15) is 30.8 Å². The van der Waals surface area contributed by atoms with Crippen LogP contribution in [0.5, 0.6) is 0 Å². The minimum atomic E-state index is -0.251. The number of amides is 1. The predicted octanol–water partition coefficient (Wildman–Crippen LogP) is 1.61. The Balaban J connectivity index is 2.26. The number of hydrogen-bond acceptors (Lipinski definition) is 3. The molecule has 2 unspecified atom stereocenters. The molecule has 0 saturated heterocycles. The van der Waals surface area contributed by atoms with Gasteiger partial charge in [-0.1, -0.05) is 37.3 Å². The Morgan fingerprint density at radius 3 is 2.67 bits per heavy atom. The monoisotopic (exact) mass is 286 g/mol. The van der Waals surface area contributed by atoms with E-state index in [0.717, 1.165) is 11.4 Å². The fraction of sp³-hybridized carbons (Fsp3) is 0.375. The van der Waals surface area contributed by atoms with Gasteiger partial charge in [0.1, 0.15) is 11.9 Å². The number of nitrogens with zero attached hydrogens (tertiary/aromatic N) is 2. The fourth-order valence-electron chi connectivity index (χ4n) is 2.26. The van der Waals surface area contributed by atoms with Gasteiger partial charge in [-0.3, -0.25) is 4.79 Å². The lowest BCUT2D eigenvalue weighted by Gasteiger charge is -2.21. The average Bonchev–Trinajstić information content (AvgIpc) is 2.91. The number of aryl methyl sites for hydroxylation is 1. The van der Waals surface area contributed by atoms with Crippen molar-refractivity contribution in [2.45, 2.75) is 19.4 Å². The molecule has 1 amide bonds. The first kappa shape index (κ1) is 15.3. The Hall–Kier alpha value is -2.14. The van der Waals surface area contributed by atoms with E-state index in [1.165, 1.54) is 0 Å². The maximum absolute atomic E-state index is 12.3. The van der Waals surface area contributed by atoms with Crippen molar-refractivity contribution in [3.8, 4) is 0 Å². The number of carbonyl (C=O) groups excluding carboxylic acids is 1. The Morgan fingerprint density at radius 2 is 2.10 bits per heavy atom. The van der Waals surface area contributed by atoms with Gasteiger partial charge < -0.3 is 15.6 Å². The van der Waals surface area contributed by atoms with Gasteiger partial charge in [0.15, 0.2) is 0 Å². The highest BCUT2D eigenvalue weighted by Crippen LogP contribution is 2.20. The molecule has 0 bridgehead atoms. The number of nitrogens with two attached hydrogens (primary N) is 1. The largest absolute Gasteiger partial charge is 0.342 e. The molecule has 2 aromatic rings. The summed E-state index contributed by atoms with van der Waals surface area (Å²) in [5, 5.41) is 3.08. The summed E-state index contributed by atoms with van der Waals surface area (Å²) in [6.45, 7) is 2.40. The first-order chi connectivity index (χ1) is 10.1. The van der Waals surface area contributed by atoms with Gasteiger partial charge in [-0.05, 0) is 18.5 Å². The summed E-state index contributed by atoms with van der Waals surface area (Å²) < 4.78 is 1.92. The van der Waals surface area contributed by atoms with Gasteiger partial charge >= 0.3 is 0 Å². The number of nitrogens with one attached hydrogen (secondary N) is 1. The normalized spacial score (nSPS) is 13.7. The molecule has 5 heteroatoms. The molecule has 0 aliphatic carbocycles. The summed E-state index contributed by atoms with van der Waals surface area (Å²) >= 11 is 0. The summed E-state index contributed by atoms with van der Waals surface area (Å²) in [4.78, 5) is 16.7. The van der Waals surface area contributed by atoms with E-state index in [0.29, 0.717) is 13.0 Å². The van der Waals surface area contributed by atoms with Crippen LogP contribution in [-0.4, -0.2) is 22.0 Å². The van der Waals surface area contributed by atoms with E-state index in [1.54, 1.807) is 6.20 Å². The number of hydrogen-bond donors (Lipinski definition) is 2. The standard InChI is InChI=1S/C16H22N4O/c1-12(8-9-17)16(21)19-14(13-6-4-3-5-7-13)15-18-10-11-20(15)2/h3-7,10-12,14H,8-9,17H2,1-2H3,(H,19,21). The summed E-state index contributed by atoms with van der Waals surface area (Å²) in [6.07, 6.45) is 4.29. The fourth-order valence-corrected chi connectivity index (χ4v) is 2.26. The molecule has 1 heterocycles. The van der Waals surface area contributed by atoms with Crippen LogP contribution in [0.2, 0.25) is 0 Å². The highest BCUT2D eigenvalue weighted by molar-refractivity contribution is 5.79. The van der Waals surface area contributed by atoms with Gasteiger partial charge in [0.25, 0.3) is 0 Å². The van der Waals surface area contributed by atoms with Crippen molar-refractivity contribution < 1.29 is 4.79 Å². The van der Waals surface area contributed by atoms with Crippen LogP contribution in [-0.2, 0) is 11.8 Å². The van der Waals surface area contributed by atoms with Crippen LogP contribution in [0.25, 0.3) is 0 Å². The van der Waals surface area contributed by atoms with Crippen molar-refractivity contribution in [3.05, 3.63) is 54.1 Å². The van der Waals surface area contributed by atoms with Gasteiger partial charge in [0.05, 0.1) is 0 Å². The first-order valence-electron chi connectivity index (χ1n) is 7.16. The van der Waals surface area contributed by atoms with E-state index >= 15 is 0 Å². The van der Waals surface area contributed by atoms with Crippen LogP contribution in [0.3, 0.4) is 0 Å². The number of carbonyl (C=O) groups is 1. The first-order valence-corrected chi connectivity index (χ1v) is 7.16. The number of imidazole rings is 1. The molecule has 1 aromatic heterocycles.